The lowest BCUT2D eigenvalue weighted by Gasteiger charge is -1.97. The molecule has 0 aliphatic carbocycles. The highest BCUT2D eigenvalue weighted by molar-refractivity contribution is 7.16. The van der Waals surface area contributed by atoms with Crippen LogP contribution in [0, 0.1) is 0 Å². The van der Waals surface area contributed by atoms with E-state index in [1.165, 1.54) is 0 Å². The minimum Gasteiger partial charge on any atom is -0.245 e. The summed E-state index contributed by atoms with van der Waals surface area (Å²) in [6.45, 7) is 0. The maximum Gasteiger partial charge on any atom is 0.445 e. The van der Waals surface area contributed by atoms with Crippen molar-refractivity contribution in [2.75, 3.05) is 0 Å². The topological polar surface area (TPSA) is 69.3 Å². The smallest absolute Gasteiger partial charge is 0.245 e. The number of nitrogens with zero attached hydrogens (tertiary/aromatic N) is 4. The Labute approximate surface area is 88.6 Å². The van der Waals surface area contributed by atoms with Gasteiger partial charge in [0.2, 0.25) is 9.97 Å². The van der Waals surface area contributed by atoms with Crippen molar-refractivity contribution in [1.29, 1.82) is 0 Å². The van der Waals surface area contributed by atoms with E-state index >= 15 is 0 Å². The Morgan fingerprint density at radius 3 is 2.50 bits per heavy atom. The van der Waals surface area contributed by atoms with Crippen molar-refractivity contribution in [2.45, 2.75) is 6.18 Å². The Kier molecular flexibility index (Phi) is 2.12. The van der Waals surface area contributed by atoms with Crippen molar-refractivity contribution in [3.05, 3.63) is 26.0 Å². The molecule has 2 aromatic heterocycles. The van der Waals surface area contributed by atoms with Crippen LogP contribution >= 0.6 is 11.3 Å². The second-order valence-corrected chi connectivity index (χ2v) is 3.79. The second-order valence-electron chi connectivity index (χ2n) is 2.84. The van der Waals surface area contributed by atoms with E-state index in [4.69, 9.17) is 0 Å². The third-order valence-corrected chi connectivity index (χ3v) is 2.70. The van der Waals surface area contributed by atoms with E-state index in [1.807, 2.05) is 0 Å². The molecule has 0 atom stereocenters. The Morgan fingerprint density at radius 2 is 1.94 bits per heavy atom. The lowest BCUT2D eigenvalue weighted by atomic mass is 10.7. The minimum atomic E-state index is -4.66. The zero-order valence-electron chi connectivity index (χ0n) is 7.65. The van der Waals surface area contributed by atoms with Gasteiger partial charge in [-0.1, -0.05) is 11.3 Å². The van der Waals surface area contributed by atoms with E-state index in [0.29, 0.717) is 9.08 Å². The summed E-state index contributed by atoms with van der Waals surface area (Å²) >= 11 is 0.144. The Morgan fingerprint density at radius 1 is 1.31 bits per heavy atom. The van der Waals surface area contributed by atoms with Crippen molar-refractivity contribution in [1.82, 2.24) is 19.2 Å². The molecule has 2 rings (SSSR count). The van der Waals surface area contributed by atoms with Gasteiger partial charge >= 0.3 is 17.6 Å². The first kappa shape index (κ1) is 10.8. The SMILES string of the molecule is Cn1c(=O)nc2sc(C(F)(F)F)nn2c1=O. The van der Waals surface area contributed by atoms with Crippen LogP contribution < -0.4 is 11.4 Å². The van der Waals surface area contributed by atoms with Gasteiger partial charge in [0.15, 0.2) is 0 Å². The standard InChI is InChI=1S/C6H3F3N4O2S/c1-12-3(14)10-4-13(5(12)15)11-2(16-4)6(7,8)9/h1H3. The van der Waals surface area contributed by atoms with Crippen molar-refractivity contribution >= 4 is 16.3 Å². The quantitative estimate of drug-likeness (QED) is 0.654. The molecule has 2 aromatic rings. The van der Waals surface area contributed by atoms with Gasteiger partial charge in [0.1, 0.15) is 0 Å². The summed E-state index contributed by atoms with van der Waals surface area (Å²) in [5.41, 5.74) is -1.87. The highest BCUT2D eigenvalue weighted by atomic mass is 32.1. The summed E-state index contributed by atoms with van der Waals surface area (Å²) in [6, 6.07) is 0. The van der Waals surface area contributed by atoms with Gasteiger partial charge in [0, 0.05) is 7.05 Å². The fourth-order valence-electron chi connectivity index (χ4n) is 0.974. The summed E-state index contributed by atoms with van der Waals surface area (Å²) in [6.07, 6.45) is -4.66. The maximum atomic E-state index is 12.3. The molecule has 0 N–H and O–H groups in total. The summed E-state index contributed by atoms with van der Waals surface area (Å²) in [4.78, 5) is 25.3. The van der Waals surface area contributed by atoms with E-state index in [2.05, 4.69) is 10.1 Å². The first-order chi connectivity index (χ1) is 7.30. The summed E-state index contributed by atoms with van der Waals surface area (Å²) in [5, 5.41) is 1.84. The van der Waals surface area contributed by atoms with Crippen LogP contribution in [0.3, 0.4) is 0 Å². The molecule has 0 spiro atoms. The molecule has 0 unspecified atom stereocenters. The van der Waals surface area contributed by atoms with Crippen LogP contribution in [0.25, 0.3) is 4.96 Å². The van der Waals surface area contributed by atoms with Gasteiger partial charge in [0.25, 0.3) is 0 Å². The molecule has 0 amide bonds. The Bertz CT molecular complexity index is 667. The summed E-state index contributed by atoms with van der Waals surface area (Å²) < 4.78 is 37.9. The zero-order chi connectivity index (χ0) is 12.1. The lowest BCUT2D eigenvalue weighted by molar-refractivity contribution is -0.138. The second kappa shape index (κ2) is 3.14. The molecule has 10 heteroatoms. The average Bonchev–Trinajstić information content (AvgIpc) is 2.57. The van der Waals surface area contributed by atoms with Crippen LogP contribution in [-0.2, 0) is 13.2 Å². The summed E-state index contributed by atoms with van der Waals surface area (Å²) in [7, 11) is 1.11. The fourth-order valence-corrected chi connectivity index (χ4v) is 1.71. The molecule has 0 bridgehead atoms. The van der Waals surface area contributed by atoms with Gasteiger partial charge in [-0.3, -0.25) is 0 Å². The van der Waals surface area contributed by atoms with Gasteiger partial charge < -0.3 is 0 Å². The average molecular weight is 252 g/mol. The number of alkyl halides is 3. The van der Waals surface area contributed by atoms with Gasteiger partial charge in [-0.25, -0.2) is 14.2 Å². The molecule has 0 aliphatic heterocycles. The van der Waals surface area contributed by atoms with E-state index in [9.17, 15) is 22.8 Å². The highest BCUT2D eigenvalue weighted by Gasteiger charge is 2.36. The monoisotopic (exact) mass is 252 g/mol. The number of hydrogen-bond acceptors (Lipinski definition) is 5. The molecule has 6 nitrogen and oxygen atoms in total. The number of rotatable bonds is 0. The molecule has 86 valence electrons. The van der Waals surface area contributed by atoms with Gasteiger partial charge in [-0.15, -0.1) is 5.10 Å². The highest BCUT2D eigenvalue weighted by Crippen LogP contribution is 2.31. The Balaban J connectivity index is 2.87. The molecular formula is C6H3F3N4O2S. The number of fused-ring (bicyclic) bond motifs is 1. The zero-order valence-corrected chi connectivity index (χ0v) is 8.46. The van der Waals surface area contributed by atoms with Crippen molar-refractivity contribution in [3.63, 3.8) is 0 Å². The number of aromatic nitrogens is 4. The third kappa shape index (κ3) is 1.50. The third-order valence-electron chi connectivity index (χ3n) is 1.75. The molecular weight excluding hydrogens is 249 g/mol. The van der Waals surface area contributed by atoms with Crippen LogP contribution in [0.15, 0.2) is 9.59 Å². The van der Waals surface area contributed by atoms with Crippen LogP contribution in [0.1, 0.15) is 5.01 Å². The van der Waals surface area contributed by atoms with Crippen LogP contribution in [0.4, 0.5) is 13.2 Å². The molecule has 0 saturated heterocycles. The van der Waals surface area contributed by atoms with E-state index in [1.54, 1.807) is 0 Å². The molecule has 0 aromatic carbocycles. The molecule has 0 saturated carbocycles. The van der Waals surface area contributed by atoms with Gasteiger partial charge in [-0.2, -0.15) is 22.7 Å². The van der Waals surface area contributed by atoms with Crippen LogP contribution in [-0.4, -0.2) is 19.2 Å². The van der Waals surface area contributed by atoms with Crippen LogP contribution in [0.5, 0.6) is 0 Å². The fraction of sp³-hybridized carbons (Fsp3) is 0.333. The van der Waals surface area contributed by atoms with E-state index in [0.717, 1.165) is 7.05 Å². The number of hydrogen-bond donors (Lipinski definition) is 0. The van der Waals surface area contributed by atoms with Crippen molar-refractivity contribution in [2.24, 2.45) is 7.05 Å². The van der Waals surface area contributed by atoms with Crippen molar-refractivity contribution < 1.29 is 13.2 Å². The Hall–Kier alpha value is -1.71. The predicted octanol–water partition coefficient (Wildman–Crippen LogP) is -0.132. The van der Waals surface area contributed by atoms with E-state index in [-0.39, 0.29) is 16.3 Å². The molecule has 16 heavy (non-hydrogen) atoms. The normalized spacial score (nSPS) is 12.2. The first-order valence-electron chi connectivity index (χ1n) is 3.85. The largest absolute Gasteiger partial charge is 0.445 e. The molecule has 0 fully saturated rings. The van der Waals surface area contributed by atoms with E-state index < -0.39 is 22.6 Å². The minimum absolute atomic E-state index is 0.144. The maximum absolute atomic E-state index is 12.3. The number of halogens is 3. The van der Waals surface area contributed by atoms with Crippen molar-refractivity contribution in [3.8, 4) is 0 Å². The van der Waals surface area contributed by atoms with Crippen LogP contribution in [0.2, 0.25) is 0 Å². The van der Waals surface area contributed by atoms with Gasteiger partial charge in [-0.05, 0) is 0 Å². The lowest BCUT2D eigenvalue weighted by Crippen LogP contribution is -2.37. The predicted molar refractivity (Wildman–Crippen MR) is 47.4 cm³/mol. The summed E-state index contributed by atoms with van der Waals surface area (Å²) in [5.74, 6) is 0. The molecule has 2 heterocycles. The van der Waals surface area contributed by atoms with Gasteiger partial charge in [0.05, 0.1) is 0 Å². The molecule has 0 radical (unpaired) electrons. The first-order valence-corrected chi connectivity index (χ1v) is 4.66. The molecule has 0 aliphatic rings.